The van der Waals surface area contributed by atoms with E-state index in [9.17, 15) is 24.6 Å². The maximum atomic E-state index is 15.2. The van der Waals surface area contributed by atoms with Gasteiger partial charge in [-0.2, -0.15) is 0 Å². The number of halogens is 1. The van der Waals surface area contributed by atoms with Crippen molar-refractivity contribution in [1.82, 2.24) is 15.5 Å². The van der Waals surface area contributed by atoms with Gasteiger partial charge in [0.2, 0.25) is 5.91 Å². The second-order valence-electron chi connectivity index (χ2n) is 16.8. The fourth-order valence-corrected chi connectivity index (χ4v) is 14.1. The van der Waals surface area contributed by atoms with Gasteiger partial charge in [-0.3, -0.25) is 14.5 Å². The van der Waals surface area contributed by atoms with Crippen molar-refractivity contribution in [3.8, 4) is 11.5 Å². The van der Waals surface area contributed by atoms with Gasteiger partial charge < -0.3 is 54.3 Å². The van der Waals surface area contributed by atoms with Crippen LogP contribution >= 0.6 is 19.0 Å². The van der Waals surface area contributed by atoms with Gasteiger partial charge in [-0.25, -0.2) is 9.59 Å². The summed E-state index contributed by atoms with van der Waals surface area (Å²) in [6, 6.07) is 50.9. The van der Waals surface area contributed by atoms with Gasteiger partial charge in [0.25, 0.3) is 5.91 Å². The molecule has 0 radical (unpaired) electrons. The predicted octanol–water partition coefficient (Wildman–Crippen LogP) is 4.65. The lowest BCUT2D eigenvalue weighted by atomic mass is 10.00. The summed E-state index contributed by atoms with van der Waals surface area (Å²) < 4.78 is 12.0. The van der Waals surface area contributed by atoms with Crippen molar-refractivity contribution in [2.24, 2.45) is 0 Å². The number of β-lactam (4-membered cyclic amide) rings is 1. The second kappa shape index (κ2) is 20.6. The third-order valence-electron chi connectivity index (χ3n) is 11.2. The first kappa shape index (κ1) is 47.8. The van der Waals surface area contributed by atoms with Gasteiger partial charge in [0.15, 0.2) is 17.6 Å². The number of benzene rings is 6. The summed E-state index contributed by atoms with van der Waals surface area (Å²) in [6.07, 6.45) is -1.31. The lowest BCUT2D eigenvalue weighted by Crippen LogP contribution is -3.00. The molecule has 2 aliphatic rings. The van der Waals surface area contributed by atoms with E-state index in [0.29, 0.717) is 11.9 Å². The molecule has 338 valence electrons. The van der Waals surface area contributed by atoms with E-state index in [0.717, 1.165) is 38.7 Å². The monoisotopic (exact) mass is 1030 g/mol. The molecule has 3 atom stereocenters. The third-order valence-corrected chi connectivity index (χ3v) is 17.0. The Labute approximate surface area is 406 Å². The maximum absolute atomic E-state index is 15.2. The zero-order chi connectivity index (χ0) is 45.7. The van der Waals surface area contributed by atoms with E-state index in [1.54, 1.807) is 20.8 Å². The van der Waals surface area contributed by atoms with Crippen LogP contribution in [0.3, 0.4) is 0 Å². The van der Waals surface area contributed by atoms with E-state index in [2.05, 4.69) is 47.0 Å². The van der Waals surface area contributed by atoms with Crippen LogP contribution in [0.1, 0.15) is 49.6 Å². The molecule has 6 aromatic carbocycles. The van der Waals surface area contributed by atoms with E-state index in [4.69, 9.17) is 9.47 Å². The molecular formula is C52H49IN3O8PS. The van der Waals surface area contributed by atoms with Gasteiger partial charge >= 0.3 is 12.1 Å². The molecule has 0 unspecified atom stereocenters. The highest BCUT2D eigenvalue weighted by atomic mass is 127. The zero-order valence-corrected chi connectivity index (χ0v) is 40.3. The van der Waals surface area contributed by atoms with E-state index < -0.39 is 71.8 Å². The average molecular weight is 1030 g/mol. The zero-order valence-electron chi connectivity index (χ0n) is 36.4. The molecule has 0 bridgehead atoms. The number of ether oxygens (including phenoxy) is 2. The van der Waals surface area contributed by atoms with Crippen LogP contribution in [-0.4, -0.2) is 67.9 Å². The Morgan fingerprint density at radius 2 is 1.20 bits per heavy atom. The van der Waals surface area contributed by atoms with E-state index >= 15 is 4.79 Å². The number of rotatable bonds is 13. The predicted molar refractivity (Wildman–Crippen MR) is 255 cm³/mol. The highest BCUT2D eigenvalue weighted by molar-refractivity contribution is 8.00. The molecule has 1 fully saturated rings. The second-order valence-corrected chi connectivity index (χ2v) is 21.3. The first-order valence-corrected chi connectivity index (χ1v) is 24.2. The molecule has 3 amide bonds. The number of hydrogen-bond acceptors (Lipinski definition) is 9. The molecule has 66 heavy (non-hydrogen) atoms. The number of phenols is 2. The molecule has 1 saturated heterocycles. The third kappa shape index (κ3) is 10.1. The van der Waals surface area contributed by atoms with Gasteiger partial charge in [-0.05, 0) is 86.0 Å². The minimum absolute atomic E-state index is 0. The quantitative estimate of drug-likeness (QED) is 0.0426. The van der Waals surface area contributed by atoms with Crippen molar-refractivity contribution in [1.29, 1.82) is 0 Å². The van der Waals surface area contributed by atoms with Crippen LogP contribution in [-0.2, 0) is 23.9 Å². The van der Waals surface area contributed by atoms with Crippen LogP contribution < -0.4 is 50.5 Å². The molecule has 4 N–H and O–H groups in total. The topological polar surface area (TPSA) is 154 Å². The van der Waals surface area contributed by atoms with Crippen LogP contribution in [0.2, 0.25) is 0 Å². The average Bonchev–Trinajstić information content (AvgIpc) is 3.32. The van der Waals surface area contributed by atoms with Crippen LogP contribution in [0.25, 0.3) is 0 Å². The molecule has 2 heterocycles. The lowest BCUT2D eigenvalue weighted by Gasteiger charge is -2.50. The summed E-state index contributed by atoms with van der Waals surface area (Å²) in [6.45, 7) is 5.02. The Balaban J connectivity index is 0.00000648. The number of esters is 1. The normalized spacial score (nSPS) is 16.2. The standard InChI is InChI=1S/C52H48N3O8PS.HI/c1-52(2,3)63-51(61)54-43(36-29-30-41(56)42(57)31-36)47(58)53-44-48(59)55-45(50(60)62-46(34-19-9-4-10-20-34)35-21-11-5-12-22-35)37(33-65-49(44)55)32-64(38-23-13-6-14-24-38,39-25-15-7-16-26-39)40-27-17-8-18-28-40;/h4-31,43-44,46,49H,32-33H2,1-3H3,(H3-,53,54,56,57,58,61);1H/t43-,44-,49-;/m1./s1. The smallest absolute Gasteiger partial charge is 0.408 e. The number of nitrogens with one attached hydrogen (secondary N) is 2. The fourth-order valence-electron chi connectivity index (χ4n) is 8.28. The summed E-state index contributed by atoms with van der Waals surface area (Å²) >= 11 is 1.43. The van der Waals surface area contributed by atoms with Crippen molar-refractivity contribution in [3.63, 3.8) is 0 Å². The van der Waals surface area contributed by atoms with Crippen molar-refractivity contribution in [3.05, 3.63) is 198 Å². The first-order chi connectivity index (χ1) is 31.3. The van der Waals surface area contributed by atoms with Gasteiger partial charge in [-0.1, -0.05) is 121 Å². The number of carbonyl (C=O) groups excluding carboxylic acids is 4. The number of carbonyl (C=O) groups is 4. The first-order valence-electron chi connectivity index (χ1n) is 21.2. The number of fused-ring (bicyclic) bond motifs is 1. The van der Waals surface area contributed by atoms with Gasteiger partial charge in [0.1, 0.15) is 51.9 Å². The molecule has 2 aliphatic heterocycles. The molecule has 0 aliphatic carbocycles. The van der Waals surface area contributed by atoms with Crippen molar-refractivity contribution in [2.45, 2.75) is 49.9 Å². The van der Waals surface area contributed by atoms with Gasteiger partial charge in [-0.15, -0.1) is 11.8 Å². The molecule has 6 aromatic rings. The highest BCUT2D eigenvalue weighted by Gasteiger charge is 2.57. The van der Waals surface area contributed by atoms with Crippen LogP contribution in [0.4, 0.5) is 4.79 Å². The summed E-state index contributed by atoms with van der Waals surface area (Å²) in [4.78, 5) is 58.8. The van der Waals surface area contributed by atoms with Crippen molar-refractivity contribution in [2.75, 3.05) is 11.9 Å². The number of alkyl carbamates (subject to hydrolysis) is 1. The van der Waals surface area contributed by atoms with Crippen LogP contribution in [0.15, 0.2) is 181 Å². The molecule has 11 nitrogen and oxygen atoms in total. The Kier molecular flexibility index (Phi) is 14.9. The lowest BCUT2D eigenvalue weighted by molar-refractivity contribution is -0.154. The Bertz CT molecular complexity index is 2570. The van der Waals surface area contributed by atoms with Crippen LogP contribution in [0, 0.1) is 0 Å². The molecular weight excluding hydrogens is 985 g/mol. The van der Waals surface area contributed by atoms with Gasteiger partial charge in [0, 0.05) is 11.3 Å². The summed E-state index contributed by atoms with van der Waals surface area (Å²) in [5.41, 5.74) is 1.58. The van der Waals surface area contributed by atoms with E-state index in [1.165, 1.54) is 28.8 Å². The van der Waals surface area contributed by atoms with Gasteiger partial charge in [0.05, 0.1) is 6.16 Å². The molecule has 8 rings (SSSR count). The van der Waals surface area contributed by atoms with Crippen LogP contribution in [0.5, 0.6) is 11.5 Å². The number of phenolic OH excluding ortho intramolecular Hbond substituents is 2. The van der Waals surface area contributed by atoms with E-state index in [-0.39, 0.29) is 35.2 Å². The minimum Gasteiger partial charge on any atom is -1.00 e. The maximum Gasteiger partial charge on any atom is 0.408 e. The molecule has 0 aromatic heterocycles. The van der Waals surface area contributed by atoms with Crippen molar-refractivity contribution < 1.29 is 62.8 Å². The Morgan fingerprint density at radius 3 is 1.67 bits per heavy atom. The Hall–Kier alpha value is -6.15. The largest absolute Gasteiger partial charge is 1.00 e. The highest BCUT2D eigenvalue weighted by Crippen LogP contribution is 2.58. The summed E-state index contributed by atoms with van der Waals surface area (Å²) in [5.74, 6) is -2.59. The number of aromatic hydroxyl groups is 2. The summed E-state index contributed by atoms with van der Waals surface area (Å²) in [5, 5.41) is 28.4. The number of hydrogen-bond donors (Lipinski definition) is 4. The van der Waals surface area contributed by atoms with E-state index in [1.807, 2.05) is 115 Å². The fraction of sp³-hybridized carbons (Fsp3) is 0.192. The summed E-state index contributed by atoms with van der Waals surface area (Å²) in [7, 11) is -2.59. The SMILES string of the molecule is CC(C)(C)OC(=O)N[C@@H](C(=O)N[C@@H]1C(=O)N2C(C(=O)OC(c3ccccc3)c3ccccc3)=C(C[P+](c3ccccc3)(c3ccccc3)c3ccccc3)CS[C@H]12)c1ccc(O)c(O)c1.[I-]. The molecule has 0 saturated carbocycles. The Morgan fingerprint density at radius 1 is 0.712 bits per heavy atom. The minimum atomic E-state index is -2.59. The number of thioether (sulfide) groups is 1. The molecule has 0 spiro atoms. The van der Waals surface area contributed by atoms with Crippen molar-refractivity contribution >= 4 is 58.8 Å². The number of amides is 3. The molecule has 14 heteroatoms. The number of nitrogens with zero attached hydrogens (tertiary/aromatic N) is 1.